The summed E-state index contributed by atoms with van der Waals surface area (Å²) in [5.74, 6) is 0.230. The minimum absolute atomic E-state index is 0.103. The van der Waals surface area contributed by atoms with Crippen molar-refractivity contribution < 1.29 is 80.2 Å². The molecule has 0 aromatic rings. The summed E-state index contributed by atoms with van der Waals surface area (Å²) in [6, 6.07) is 0. The predicted molar refractivity (Wildman–Crippen MR) is 395 cm³/mol. The first-order valence-corrected chi connectivity index (χ1v) is 43.4. The van der Waals surface area contributed by atoms with Gasteiger partial charge in [-0.2, -0.15) is 0 Å². The smallest absolute Gasteiger partial charge is 0.462 e. The van der Waals surface area contributed by atoms with Gasteiger partial charge in [0.2, 0.25) is 0 Å². The summed E-state index contributed by atoms with van der Waals surface area (Å²) in [5.41, 5.74) is 0. The van der Waals surface area contributed by atoms with Crippen LogP contribution in [0, 0.1) is 17.8 Å². The number of carbonyl (C=O) groups excluding carboxylic acids is 4. The predicted octanol–water partition coefficient (Wildman–Crippen LogP) is 23.0. The Morgan fingerprint density at radius 3 is 0.784 bits per heavy atom. The van der Waals surface area contributed by atoms with E-state index in [0.29, 0.717) is 25.7 Å². The fourth-order valence-electron chi connectivity index (χ4n) is 11.9. The van der Waals surface area contributed by atoms with E-state index >= 15 is 0 Å². The molecule has 97 heavy (non-hydrogen) atoms. The molecule has 576 valence electrons. The maximum Gasteiger partial charge on any atom is 0.472 e. The molecule has 0 aromatic heterocycles. The molecule has 0 saturated carbocycles. The highest BCUT2D eigenvalue weighted by atomic mass is 31.2. The molecule has 0 aliphatic rings. The molecule has 0 aliphatic heterocycles. The van der Waals surface area contributed by atoms with E-state index in [1.54, 1.807) is 0 Å². The van der Waals surface area contributed by atoms with E-state index in [1.165, 1.54) is 199 Å². The lowest BCUT2D eigenvalue weighted by Crippen LogP contribution is -2.30. The highest BCUT2D eigenvalue weighted by molar-refractivity contribution is 7.47. The van der Waals surface area contributed by atoms with Gasteiger partial charge in [0.15, 0.2) is 12.2 Å². The molecule has 0 bridgehead atoms. The zero-order chi connectivity index (χ0) is 71.6. The quantitative estimate of drug-likeness (QED) is 0.0222. The number of phosphoric acid groups is 2. The topological polar surface area (TPSA) is 237 Å². The molecule has 0 aliphatic carbocycles. The third kappa shape index (κ3) is 70.9. The summed E-state index contributed by atoms with van der Waals surface area (Å²) in [5, 5.41) is 10.6. The first-order valence-electron chi connectivity index (χ1n) is 40.4. The second kappa shape index (κ2) is 68.5. The molecule has 17 nitrogen and oxygen atoms in total. The highest BCUT2D eigenvalue weighted by Crippen LogP contribution is 2.45. The second-order valence-corrected chi connectivity index (χ2v) is 32.2. The molecule has 0 rings (SSSR count). The van der Waals surface area contributed by atoms with E-state index in [4.69, 9.17) is 37.0 Å². The third-order valence-electron chi connectivity index (χ3n) is 18.5. The molecule has 0 amide bonds. The Labute approximate surface area is 594 Å². The van der Waals surface area contributed by atoms with Crippen LogP contribution in [-0.2, 0) is 65.4 Å². The first-order chi connectivity index (χ1) is 46.8. The number of phosphoric ester groups is 2. The van der Waals surface area contributed by atoms with Crippen LogP contribution in [0.5, 0.6) is 0 Å². The molecule has 0 fully saturated rings. The largest absolute Gasteiger partial charge is 0.472 e. The molecular weight excluding hydrogens is 1270 g/mol. The van der Waals surface area contributed by atoms with Gasteiger partial charge < -0.3 is 33.8 Å². The molecule has 0 spiro atoms. The lowest BCUT2D eigenvalue weighted by Gasteiger charge is -2.21. The van der Waals surface area contributed by atoms with Crippen molar-refractivity contribution in [2.24, 2.45) is 17.8 Å². The van der Waals surface area contributed by atoms with Gasteiger partial charge in [-0.05, 0) is 43.4 Å². The Morgan fingerprint density at radius 1 is 0.299 bits per heavy atom. The fraction of sp³-hybridized carbons (Fsp3) is 0.949. The van der Waals surface area contributed by atoms with E-state index in [9.17, 15) is 43.2 Å². The number of aliphatic hydroxyl groups is 1. The van der Waals surface area contributed by atoms with Crippen LogP contribution >= 0.6 is 15.6 Å². The number of carbonyl (C=O) groups is 4. The Balaban J connectivity index is 5.15. The maximum absolute atomic E-state index is 13.1. The zero-order valence-corrected chi connectivity index (χ0v) is 65.3. The second-order valence-electron chi connectivity index (χ2n) is 29.3. The van der Waals surface area contributed by atoms with Gasteiger partial charge in [0.1, 0.15) is 19.3 Å². The van der Waals surface area contributed by atoms with Gasteiger partial charge in [0, 0.05) is 25.7 Å². The van der Waals surface area contributed by atoms with Crippen LogP contribution in [0.25, 0.3) is 0 Å². The Hall–Kier alpha value is -1.94. The SMILES string of the molecule is CCCCCCCCCC(=O)OC[C@H](COP(=O)(O)OC[C@H](O)COP(=O)(O)OC[C@@H](COC(=O)CCCCCCCCCCCCCCCCCCC(C)C)OC(=O)CCCCCCCCCCCCCCCCCCCCC(C)C)OC(=O)CCCCCCCCC(C)CC. The van der Waals surface area contributed by atoms with Gasteiger partial charge in [-0.1, -0.05) is 350 Å². The average molecular weight is 1420 g/mol. The third-order valence-corrected chi connectivity index (χ3v) is 20.4. The number of hydrogen-bond donors (Lipinski definition) is 3. The summed E-state index contributed by atoms with van der Waals surface area (Å²) >= 11 is 0. The number of hydrogen-bond acceptors (Lipinski definition) is 15. The lowest BCUT2D eigenvalue weighted by atomic mass is 10.00. The van der Waals surface area contributed by atoms with Crippen LogP contribution in [0.2, 0.25) is 0 Å². The Morgan fingerprint density at radius 2 is 0.526 bits per heavy atom. The number of rotatable bonds is 76. The molecule has 0 heterocycles. The first kappa shape index (κ1) is 95.1. The van der Waals surface area contributed by atoms with Crippen LogP contribution in [0.4, 0.5) is 0 Å². The van der Waals surface area contributed by atoms with Crippen molar-refractivity contribution in [3.63, 3.8) is 0 Å². The normalized spacial score (nSPS) is 14.3. The van der Waals surface area contributed by atoms with E-state index < -0.39 is 97.5 Å². The zero-order valence-electron chi connectivity index (χ0n) is 63.5. The Kier molecular flexibility index (Phi) is 67.1. The molecule has 0 aromatic carbocycles. The number of unbranched alkanes of at least 4 members (excludes halogenated alkanes) is 43. The van der Waals surface area contributed by atoms with E-state index in [-0.39, 0.29) is 25.7 Å². The lowest BCUT2D eigenvalue weighted by molar-refractivity contribution is -0.161. The van der Waals surface area contributed by atoms with Gasteiger partial charge in [-0.15, -0.1) is 0 Å². The van der Waals surface area contributed by atoms with Crippen LogP contribution in [0.1, 0.15) is 402 Å². The summed E-state index contributed by atoms with van der Waals surface area (Å²) in [4.78, 5) is 72.7. The van der Waals surface area contributed by atoms with Crippen LogP contribution in [-0.4, -0.2) is 96.7 Å². The highest BCUT2D eigenvalue weighted by Gasteiger charge is 2.30. The van der Waals surface area contributed by atoms with E-state index in [2.05, 4.69) is 48.5 Å². The molecular formula is C78H152O17P2. The summed E-state index contributed by atoms with van der Waals surface area (Å²) in [7, 11) is -9.91. The van der Waals surface area contributed by atoms with Gasteiger partial charge in [0.25, 0.3) is 0 Å². The van der Waals surface area contributed by atoms with Crippen molar-refractivity contribution in [1.29, 1.82) is 0 Å². The molecule has 3 unspecified atom stereocenters. The molecule has 19 heteroatoms. The van der Waals surface area contributed by atoms with Gasteiger partial charge >= 0.3 is 39.5 Å². The molecule has 3 N–H and O–H groups in total. The van der Waals surface area contributed by atoms with Crippen molar-refractivity contribution in [2.75, 3.05) is 39.6 Å². The minimum Gasteiger partial charge on any atom is -0.462 e. The van der Waals surface area contributed by atoms with Crippen molar-refractivity contribution in [1.82, 2.24) is 0 Å². The minimum atomic E-state index is -4.96. The van der Waals surface area contributed by atoms with Crippen molar-refractivity contribution in [2.45, 2.75) is 420 Å². The monoisotopic (exact) mass is 1420 g/mol. The van der Waals surface area contributed by atoms with Crippen molar-refractivity contribution in [3.05, 3.63) is 0 Å². The standard InChI is InChI=1S/C78H152O17P2/c1-8-10-11-12-35-45-52-59-75(80)88-65-74(95-78(83)62-55-48-41-40-44-51-58-71(7)9-2)68-93-97(86,87)91-64-72(79)63-90-96(84,85)92-67-73(66-89-76(81)60-53-46-38-33-29-25-21-18-17-20-24-28-32-37-43-50-57-70(5)6)94-77(82)61-54-47-39-34-30-26-22-16-14-13-15-19-23-27-31-36-42-49-56-69(3)4/h69-74,79H,8-68H2,1-7H3,(H,84,85)(H,86,87)/t71?,72-,73-,74-/m1/s1. The van der Waals surface area contributed by atoms with Crippen molar-refractivity contribution >= 4 is 39.5 Å². The van der Waals surface area contributed by atoms with Crippen LogP contribution in [0.15, 0.2) is 0 Å². The van der Waals surface area contributed by atoms with Gasteiger partial charge in [-0.3, -0.25) is 37.3 Å². The number of aliphatic hydroxyl groups excluding tert-OH is 1. The summed E-state index contributed by atoms with van der Waals surface area (Å²) in [6.07, 6.45) is 55.9. The van der Waals surface area contributed by atoms with Gasteiger partial charge in [0.05, 0.1) is 26.4 Å². The Bertz CT molecular complexity index is 1890. The maximum atomic E-state index is 13.1. The number of esters is 4. The molecule has 6 atom stereocenters. The van der Waals surface area contributed by atoms with Crippen molar-refractivity contribution in [3.8, 4) is 0 Å². The summed E-state index contributed by atoms with van der Waals surface area (Å²) < 4.78 is 68.4. The summed E-state index contributed by atoms with van der Waals surface area (Å²) in [6.45, 7) is 11.9. The molecule has 0 radical (unpaired) electrons. The fourth-order valence-corrected chi connectivity index (χ4v) is 13.5. The average Bonchev–Trinajstić information content (AvgIpc) is 1.62. The van der Waals surface area contributed by atoms with Crippen LogP contribution in [0.3, 0.4) is 0 Å². The van der Waals surface area contributed by atoms with E-state index in [0.717, 1.165) is 120 Å². The van der Waals surface area contributed by atoms with Crippen LogP contribution < -0.4 is 0 Å². The van der Waals surface area contributed by atoms with Gasteiger partial charge in [-0.25, -0.2) is 9.13 Å². The van der Waals surface area contributed by atoms with E-state index in [1.807, 2.05) is 0 Å². The molecule has 0 saturated heterocycles. The number of ether oxygens (including phenoxy) is 4.